The van der Waals surface area contributed by atoms with Gasteiger partial charge in [-0.2, -0.15) is 0 Å². The number of benzene rings is 1. The van der Waals surface area contributed by atoms with E-state index in [1.807, 2.05) is 6.07 Å². The van der Waals surface area contributed by atoms with Crippen molar-refractivity contribution in [3.8, 4) is 0 Å². The van der Waals surface area contributed by atoms with Gasteiger partial charge < -0.3 is 10.1 Å². The van der Waals surface area contributed by atoms with Gasteiger partial charge in [-0.1, -0.05) is 69.5 Å². The molecule has 0 radical (unpaired) electrons. The Morgan fingerprint density at radius 2 is 1.97 bits per heavy atom. The van der Waals surface area contributed by atoms with E-state index in [1.165, 1.54) is 0 Å². The lowest BCUT2D eigenvalue weighted by atomic mass is 10.0. The molecule has 7 nitrogen and oxygen atoms in total. The zero-order valence-electron chi connectivity index (χ0n) is 15.3. The lowest BCUT2D eigenvalue weighted by Crippen LogP contribution is -2.73. The molecule has 12 heteroatoms. The summed E-state index contributed by atoms with van der Waals surface area (Å²) in [7, 11) is -1.53. The van der Waals surface area contributed by atoms with Crippen molar-refractivity contribution in [2.75, 3.05) is 17.0 Å². The third-order valence-electron chi connectivity index (χ3n) is 4.48. The topological polar surface area (TPSA) is 92.8 Å². The molecule has 2 amide bonds. The summed E-state index contributed by atoms with van der Waals surface area (Å²) in [6, 6.07) is 7.99. The predicted molar refractivity (Wildman–Crippen MR) is 118 cm³/mol. The molecule has 3 rings (SSSR count). The molecule has 0 saturated carbocycles. The second-order valence-corrected chi connectivity index (χ2v) is 10.4. The smallest absolute Gasteiger partial charge is 0.357 e. The van der Waals surface area contributed by atoms with Crippen LogP contribution in [0.5, 0.6) is 0 Å². The minimum Gasteiger partial charge on any atom is -0.423 e. The second-order valence-electron chi connectivity index (χ2n) is 6.58. The monoisotopic (exact) mass is 556 g/mol. The highest BCUT2D eigenvalue weighted by Crippen LogP contribution is 2.37. The van der Waals surface area contributed by atoms with Gasteiger partial charge in [-0.15, -0.1) is 11.6 Å². The number of nitrogens with one attached hydrogen (secondary N) is 1. The first-order valence-corrected chi connectivity index (χ1v) is 12.5. The number of alkyl halides is 4. The summed E-state index contributed by atoms with van der Waals surface area (Å²) in [5.74, 6) is -2.29. The van der Waals surface area contributed by atoms with Crippen molar-refractivity contribution in [1.29, 1.82) is 0 Å². The van der Waals surface area contributed by atoms with E-state index in [9.17, 15) is 18.6 Å². The third kappa shape index (κ3) is 4.85. The Labute approximate surface area is 198 Å². The van der Waals surface area contributed by atoms with E-state index in [-0.39, 0.29) is 29.1 Å². The second kappa shape index (κ2) is 9.56. The molecule has 1 aromatic rings. The lowest BCUT2D eigenvalue weighted by Gasteiger charge is -2.49. The van der Waals surface area contributed by atoms with Gasteiger partial charge in [-0.25, -0.2) is 4.79 Å². The number of hydrogen-bond acceptors (Lipinski definition) is 5. The SMILES string of the molecule is O=C(Cc1ccccc1)N[C@@H]1C(=O)N2C(C(=O)OC(Cl)(Cl)CCl)=C(CBr)CS(=O)[C@H]12. The van der Waals surface area contributed by atoms with Crippen LogP contribution >= 0.6 is 50.7 Å². The number of carbonyl (C=O) groups excluding carboxylic acids is 3. The van der Waals surface area contributed by atoms with Crippen molar-refractivity contribution in [2.45, 2.75) is 22.4 Å². The normalized spacial score (nSPS) is 23.5. The Bertz CT molecular complexity index is 928. The highest BCUT2D eigenvalue weighted by molar-refractivity contribution is 9.09. The number of halogens is 4. The maximum absolute atomic E-state index is 12.8. The van der Waals surface area contributed by atoms with Gasteiger partial charge >= 0.3 is 5.97 Å². The maximum Gasteiger partial charge on any atom is 0.357 e. The van der Waals surface area contributed by atoms with Crippen LogP contribution in [0.4, 0.5) is 0 Å². The number of amides is 2. The summed E-state index contributed by atoms with van der Waals surface area (Å²) in [5, 5.41) is 1.91. The number of nitrogens with zero attached hydrogens (tertiary/aromatic N) is 1. The number of ether oxygens (including phenoxy) is 1. The van der Waals surface area contributed by atoms with Gasteiger partial charge in [0.05, 0.1) is 28.9 Å². The highest BCUT2D eigenvalue weighted by atomic mass is 79.9. The van der Waals surface area contributed by atoms with Crippen molar-refractivity contribution in [1.82, 2.24) is 10.2 Å². The Hall–Kier alpha value is -1.13. The summed E-state index contributed by atoms with van der Waals surface area (Å²) in [6.07, 6.45) is 0.0676. The highest BCUT2D eigenvalue weighted by Gasteiger charge is 2.57. The van der Waals surface area contributed by atoms with Crippen molar-refractivity contribution >= 4 is 79.3 Å². The molecule has 2 aliphatic heterocycles. The Balaban J connectivity index is 1.78. The summed E-state index contributed by atoms with van der Waals surface area (Å²) in [4.78, 5) is 38.9. The molecule has 3 atom stereocenters. The standard InChI is InChI=1S/C18H16BrCl3N2O5S/c19-7-11-8-30(28)16-13(23-12(25)6-10-4-2-1-3-5-10)15(26)24(16)14(11)17(27)29-18(21,22)9-20/h1-5,13,16H,6-9H2,(H,23,25)/t13-,16-,30?/m1/s1. The Kier molecular flexibility index (Phi) is 7.50. The molecule has 2 heterocycles. The van der Waals surface area contributed by atoms with Crippen LogP contribution in [0.2, 0.25) is 0 Å². The first-order valence-electron chi connectivity index (χ1n) is 8.67. The van der Waals surface area contributed by atoms with Crippen LogP contribution in [-0.4, -0.2) is 59.8 Å². The molecule has 30 heavy (non-hydrogen) atoms. The molecule has 1 N–H and O–H groups in total. The van der Waals surface area contributed by atoms with Crippen LogP contribution in [0.3, 0.4) is 0 Å². The molecule has 1 aromatic carbocycles. The van der Waals surface area contributed by atoms with E-state index in [2.05, 4.69) is 21.2 Å². The number of esters is 1. The minimum atomic E-state index is -1.98. The van der Waals surface area contributed by atoms with Crippen LogP contribution < -0.4 is 5.32 Å². The van der Waals surface area contributed by atoms with Crippen LogP contribution in [0.1, 0.15) is 5.56 Å². The van der Waals surface area contributed by atoms with Gasteiger partial charge in [0.1, 0.15) is 17.1 Å². The molecule has 1 saturated heterocycles. The Morgan fingerprint density at radius 3 is 2.57 bits per heavy atom. The zero-order valence-corrected chi connectivity index (χ0v) is 19.9. The lowest BCUT2D eigenvalue weighted by molar-refractivity contribution is -0.154. The molecule has 162 valence electrons. The molecule has 0 bridgehead atoms. The number of fused-ring (bicyclic) bond motifs is 1. The summed E-state index contributed by atoms with van der Waals surface area (Å²) in [6.45, 7) is 0. The first-order chi connectivity index (χ1) is 14.2. The van der Waals surface area contributed by atoms with Crippen molar-refractivity contribution in [3.63, 3.8) is 0 Å². The van der Waals surface area contributed by atoms with E-state index >= 15 is 0 Å². The van der Waals surface area contributed by atoms with E-state index < -0.39 is 44.5 Å². The Morgan fingerprint density at radius 1 is 1.30 bits per heavy atom. The van der Waals surface area contributed by atoms with Gasteiger partial charge in [0.25, 0.3) is 10.4 Å². The molecular weight excluding hydrogens is 543 g/mol. The fourth-order valence-electron chi connectivity index (χ4n) is 3.16. The number of carbonyl (C=O) groups is 3. The van der Waals surface area contributed by atoms with Gasteiger partial charge in [0, 0.05) is 5.33 Å². The van der Waals surface area contributed by atoms with Crippen molar-refractivity contribution < 1.29 is 23.3 Å². The van der Waals surface area contributed by atoms with E-state index in [1.54, 1.807) is 24.3 Å². The molecule has 0 spiro atoms. The van der Waals surface area contributed by atoms with Gasteiger partial charge in [0.15, 0.2) is 0 Å². The molecule has 1 unspecified atom stereocenters. The maximum atomic E-state index is 12.8. The van der Waals surface area contributed by atoms with Crippen LogP contribution in [0, 0.1) is 0 Å². The van der Waals surface area contributed by atoms with Crippen LogP contribution in [0.25, 0.3) is 0 Å². The largest absolute Gasteiger partial charge is 0.423 e. The molecular formula is C18H16BrCl3N2O5S. The predicted octanol–water partition coefficient (Wildman–Crippen LogP) is 2.21. The summed E-state index contributed by atoms with van der Waals surface area (Å²) >= 11 is 20.4. The average molecular weight is 559 g/mol. The van der Waals surface area contributed by atoms with Crippen molar-refractivity contribution in [2.24, 2.45) is 0 Å². The number of β-lactam (4-membered cyclic amide) rings is 1. The average Bonchev–Trinajstić information content (AvgIpc) is 2.71. The first kappa shape index (κ1) is 23.5. The zero-order chi connectivity index (χ0) is 22.1. The van der Waals surface area contributed by atoms with Crippen LogP contribution in [0.15, 0.2) is 41.6 Å². The number of rotatable bonds is 7. The minimum absolute atomic E-state index is 0.0215. The summed E-state index contributed by atoms with van der Waals surface area (Å²) in [5.41, 5.74) is 1.08. The molecule has 0 aromatic heterocycles. The van der Waals surface area contributed by atoms with Gasteiger partial charge in [-0.05, 0) is 11.1 Å². The van der Waals surface area contributed by atoms with Gasteiger partial charge in [-0.3, -0.25) is 18.7 Å². The van der Waals surface area contributed by atoms with E-state index in [4.69, 9.17) is 39.5 Å². The van der Waals surface area contributed by atoms with Gasteiger partial charge in [0.2, 0.25) is 5.91 Å². The van der Waals surface area contributed by atoms with E-state index in [0.29, 0.717) is 5.57 Å². The quantitative estimate of drug-likeness (QED) is 0.315. The molecule has 2 aliphatic rings. The molecule has 0 aliphatic carbocycles. The van der Waals surface area contributed by atoms with Crippen molar-refractivity contribution in [3.05, 3.63) is 47.2 Å². The fourth-order valence-corrected chi connectivity index (χ4v) is 5.77. The number of hydrogen-bond donors (Lipinski definition) is 1. The van der Waals surface area contributed by atoms with Crippen LogP contribution in [-0.2, 0) is 36.3 Å². The van der Waals surface area contributed by atoms with E-state index in [0.717, 1.165) is 10.5 Å². The molecule has 1 fully saturated rings. The third-order valence-corrected chi connectivity index (χ3v) is 7.88. The fraction of sp³-hybridized carbons (Fsp3) is 0.389. The summed E-state index contributed by atoms with van der Waals surface area (Å²) < 4.78 is 15.7.